The zero-order valence-electron chi connectivity index (χ0n) is 21.5. The topological polar surface area (TPSA) is 75.6 Å². The number of carbonyl (C=O) groups is 2. The SMILES string of the molecule is CCOc1ccc(Cc2ccccc2C(=O)O)c(NC(=O)C(CC(C)C)c2cccc3ccccc23)c1. The van der Waals surface area contributed by atoms with Crippen LogP contribution in [-0.2, 0) is 11.2 Å². The Bertz CT molecular complexity index is 1400. The van der Waals surface area contributed by atoms with Crippen molar-refractivity contribution in [3.63, 3.8) is 0 Å². The van der Waals surface area contributed by atoms with Crippen molar-refractivity contribution in [2.45, 2.75) is 39.5 Å². The van der Waals surface area contributed by atoms with Crippen molar-refractivity contribution in [2.75, 3.05) is 11.9 Å². The van der Waals surface area contributed by atoms with E-state index in [4.69, 9.17) is 4.74 Å². The second-order valence-electron chi connectivity index (χ2n) is 9.63. The highest BCUT2D eigenvalue weighted by atomic mass is 16.5. The minimum atomic E-state index is -0.972. The number of amides is 1. The van der Waals surface area contributed by atoms with Gasteiger partial charge in [-0.2, -0.15) is 0 Å². The maximum atomic E-state index is 13.9. The maximum Gasteiger partial charge on any atom is 0.335 e. The maximum absolute atomic E-state index is 13.9. The molecule has 4 aromatic carbocycles. The van der Waals surface area contributed by atoms with Crippen LogP contribution in [0.4, 0.5) is 5.69 Å². The van der Waals surface area contributed by atoms with Gasteiger partial charge in [-0.15, -0.1) is 0 Å². The van der Waals surface area contributed by atoms with Crippen LogP contribution in [-0.4, -0.2) is 23.6 Å². The van der Waals surface area contributed by atoms with Crippen LogP contribution in [0.25, 0.3) is 10.8 Å². The molecule has 1 atom stereocenters. The molecule has 1 amide bonds. The molecule has 0 aliphatic carbocycles. The minimum Gasteiger partial charge on any atom is -0.494 e. The Balaban J connectivity index is 1.72. The summed E-state index contributed by atoms with van der Waals surface area (Å²) in [7, 11) is 0. The number of benzene rings is 4. The Kier molecular flexibility index (Phi) is 8.24. The van der Waals surface area contributed by atoms with Gasteiger partial charge < -0.3 is 15.2 Å². The van der Waals surface area contributed by atoms with Crippen LogP contribution < -0.4 is 10.1 Å². The van der Waals surface area contributed by atoms with Gasteiger partial charge in [0.25, 0.3) is 0 Å². The first-order valence-electron chi connectivity index (χ1n) is 12.7. The highest BCUT2D eigenvalue weighted by Gasteiger charge is 2.25. The molecule has 0 aliphatic rings. The van der Waals surface area contributed by atoms with Crippen LogP contribution in [0.5, 0.6) is 5.75 Å². The molecule has 0 aliphatic heterocycles. The van der Waals surface area contributed by atoms with Crippen molar-refractivity contribution in [3.05, 3.63) is 107 Å². The summed E-state index contributed by atoms with van der Waals surface area (Å²) < 4.78 is 5.72. The first-order valence-corrected chi connectivity index (χ1v) is 12.7. The molecule has 4 rings (SSSR count). The van der Waals surface area contributed by atoms with E-state index < -0.39 is 5.97 Å². The molecule has 0 saturated heterocycles. The van der Waals surface area contributed by atoms with E-state index in [2.05, 4.69) is 37.4 Å². The minimum absolute atomic E-state index is 0.0912. The molecule has 0 aromatic heterocycles. The number of nitrogens with one attached hydrogen (secondary N) is 1. The lowest BCUT2D eigenvalue weighted by molar-refractivity contribution is -0.117. The van der Waals surface area contributed by atoms with Gasteiger partial charge in [0.05, 0.1) is 18.1 Å². The average Bonchev–Trinajstić information content (AvgIpc) is 2.88. The molecule has 0 saturated carbocycles. The Labute approximate surface area is 218 Å². The fraction of sp³-hybridized carbons (Fsp3) is 0.250. The first kappa shape index (κ1) is 26.0. The molecule has 2 N–H and O–H groups in total. The van der Waals surface area contributed by atoms with Gasteiger partial charge >= 0.3 is 5.97 Å². The smallest absolute Gasteiger partial charge is 0.335 e. The zero-order chi connectivity index (χ0) is 26.4. The zero-order valence-corrected chi connectivity index (χ0v) is 21.5. The molecule has 37 heavy (non-hydrogen) atoms. The molecule has 190 valence electrons. The Hall–Kier alpha value is -4.12. The van der Waals surface area contributed by atoms with Crippen molar-refractivity contribution >= 4 is 28.3 Å². The lowest BCUT2D eigenvalue weighted by Crippen LogP contribution is -2.23. The van der Waals surface area contributed by atoms with Crippen molar-refractivity contribution < 1.29 is 19.4 Å². The molecule has 0 bridgehead atoms. The van der Waals surface area contributed by atoms with Gasteiger partial charge in [-0.3, -0.25) is 4.79 Å². The standard InChI is InChI=1S/C32H33NO4/c1-4-37-25-17-16-24(19-23-11-6-8-14-27(23)32(35)36)30(20-25)33-31(34)29(18-21(2)3)28-15-9-12-22-10-5-7-13-26(22)28/h5-17,20-21,29H,4,18-19H2,1-3H3,(H,33,34)(H,35,36). The van der Waals surface area contributed by atoms with Gasteiger partial charge in [-0.25, -0.2) is 4.79 Å². The van der Waals surface area contributed by atoms with Gasteiger partial charge in [0.15, 0.2) is 0 Å². The Morgan fingerprint density at radius 1 is 0.892 bits per heavy atom. The summed E-state index contributed by atoms with van der Waals surface area (Å²) in [6.07, 6.45) is 1.07. The number of carbonyl (C=O) groups excluding carboxylic acids is 1. The van der Waals surface area contributed by atoms with E-state index >= 15 is 0 Å². The largest absolute Gasteiger partial charge is 0.494 e. The normalized spacial score (nSPS) is 11.9. The molecular weight excluding hydrogens is 462 g/mol. The third-order valence-corrected chi connectivity index (χ3v) is 6.50. The van der Waals surface area contributed by atoms with E-state index in [1.54, 1.807) is 12.1 Å². The van der Waals surface area contributed by atoms with Crippen molar-refractivity contribution in [1.29, 1.82) is 0 Å². The summed E-state index contributed by atoms with van der Waals surface area (Å²) in [6, 6.07) is 26.8. The first-order chi connectivity index (χ1) is 17.9. The predicted molar refractivity (Wildman–Crippen MR) is 149 cm³/mol. The summed E-state index contributed by atoms with van der Waals surface area (Å²) >= 11 is 0. The number of carboxylic acid groups (broad SMARTS) is 1. The molecule has 0 radical (unpaired) electrons. The number of aromatic carboxylic acids is 1. The molecular formula is C32H33NO4. The van der Waals surface area contributed by atoms with Gasteiger partial charge in [-0.05, 0) is 58.9 Å². The number of hydrogen-bond acceptors (Lipinski definition) is 3. The number of ether oxygens (including phenoxy) is 1. The molecule has 0 heterocycles. The number of hydrogen-bond donors (Lipinski definition) is 2. The highest BCUT2D eigenvalue weighted by molar-refractivity contribution is 6.00. The Morgan fingerprint density at radius 2 is 1.62 bits per heavy atom. The molecule has 5 heteroatoms. The van der Waals surface area contributed by atoms with E-state index in [0.29, 0.717) is 42.4 Å². The van der Waals surface area contributed by atoms with E-state index in [9.17, 15) is 14.7 Å². The fourth-order valence-corrected chi connectivity index (χ4v) is 4.79. The fourth-order valence-electron chi connectivity index (χ4n) is 4.79. The molecule has 5 nitrogen and oxygen atoms in total. The van der Waals surface area contributed by atoms with Crippen LogP contribution in [0.1, 0.15) is 60.2 Å². The number of rotatable bonds is 10. The van der Waals surface area contributed by atoms with Gasteiger partial charge in [-0.1, -0.05) is 80.6 Å². The Morgan fingerprint density at radius 3 is 2.38 bits per heavy atom. The van der Waals surface area contributed by atoms with Crippen LogP contribution >= 0.6 is 0 Å². The molecule has 1 unspecified atom stereocenters. The second kappa shape index (κ2) is 11.7. The van der Waals surface area contributed by atoms with Crippen molar-refractivity contribution in [2.24, 2.45) is 5.92 Å². The van der Waals surface area contributed by atoms with Crippen molar-refractivity contribution in [3.8, 4) is 5.75 Å². The summed E-state index contributed by atoms with van der Waals surface area (Å²) in [5.74, 6) is -0.447. The van der Waals surface area contributed by atoms with Gasteiger partial charge in [0.1, 0.15) is 5.75 Å². The molecule has 4 aromatic rings. The van der Waals surface area contributed by atoms with E-state index in [1.807, 2.05) is 61.5 Å². The number of fused-ring (bicyclic) bond motifs is 1. The van der Waals surface area contributed by atoms with Gasteiger partial charge in [0.2, 0.25) is 5.91 Å². The van der Waals surface area contributed by atoms with Crippen LogP contribution in [0, 0.1) is 5.92 Å². The third kappa shape index (κ3) is 6.18. The van der Waals surface area contributed by atoms with E-state index in [-0.39, 0.29) is 17.4 Å². The highest BCUT2D eigenvalue weighted by Crippen LogP contribution is 2.33. The summed E-state index contributed by atoms with van der Waals surface area (Å²) in [4.78, 5) is 25.7. The molecule has 0 fully saturated rings. The lowest BCUT2D eigenvalue weighted by atomic mass is 9.86. The third-order valence-electron chi connectivity index (χ3n) is 6.50. The second-order valence-corrected chi connectivity index (χ2v) is 9.63. The average molecular weight is 496 g/mol. The number of carboxylic acids is 1. The van der Waals surface area contributed by atoms with Crippen LogP contribution in [0.15, 0.2) is 84.9 Å². The number of anilines is 1. The van der Waals surface area contributed by atoms with Crippen LogP contribution in [0.3, 0.4) is 0 Å². The van der Waals surface area contributed by atoms with Crippen molar-refractivity contribution in [1.82, 2.24) is 0 Å². The van der Waals surface area contributed by atoms with Crippen LogP contribution in [0.2, 0.25) is 0 Å². The lowest BCUT2D eigenvalue weighted by Gasteiger charge is -2.22. The van der Waals surface area contributed by atoms with E-state index in [1.165, 1.54) is 0 Å². The quantitative estimate of drug-likeness (QED) is 0.242. The summed E-state index contributed by atoms with van der Waals surface area (Å²) in [5.41, 5.74) is 3.39. The summed E-state index contributed by atoms with van der Waals surface area (Å²) in [6.45, 7) is 6.65. The molecule has 0 spiro atoms. The predicted octanol–water partition coefficient (Wildman–Crippen LogP) is 7.30. The van der Waals surface area contributed by atoms with E-state index in [0.717, 1.165) is 21.9 Å². The monoisotopic (exact) mass is 495 g/mol. The summed E-state index contributed by atoms with van der Waals surface area (Å²) in [5, 5.41) is 15.0. The van der Waals surface area contributed by atoms with Gasteiger partial charge in [0, 0.05) is 18.2 Å².